The Hall–Kier alpha value is -0.420. The molecule has 2 aliphatic rings. The molecule has 0 amide bonds. The average Bonchev–Trinajstić information content (AvgIpc) is 2.79. The lowest BCUT2D eigenvalue weighted by Gasteiger charge is -2.33. The van der Waals surface area contributed by atoms with Gasteiger partial charge in [-0.25, -0.2) is 0 Å². The molecule has 2 atom stereocenters. The smallest absolute Gasteiger partial charge is 0.168 e. The highest BCUT2D eigenvalue weighted by Crippen LogP contribution is 2.38. The molecule has 1 saturated heterocycles. The van der Waals surface area contributed by atoms with Crippen molar-refractivity contribution in [3.8, 4) is 0 Å². The molecule has 2 rings (SSSR count). The Kier molecular flexibility index (Phi) is 5.18. The van der Waals surface area contributed by atoms with Crippen molar-refractivity contribution in [3.05, 3.63) is 12.7 Å². The molecule has 1 unspecified atom stereocenters. The summed E-state index contributed by atoms with van der Waals surface area (Å²) in [6.45, 7) is 5.24. The van der Waals surface area contributed by atoms with Gasteiger partial charge in [0.15, 0.2) is 5.79 Å². The normalized spacial score (nSPS) is 28.4. The van der Waals surface area contributed by atoms with Gasteiger partial charge in [0.2, 0.25) is 0 Å². The minimum atomic E-state index is -0.327. The van der Waals surface area contributed by atoms with Crippen LogP contribution in [0.5, 0.6) is 0 Å². The Bertz CT molecular complexity index is 264. The van der Waals surface area contributed by atoms with Crippen molar-refractivity contribution >= 4 is 0 Å². The second-order valence-corrected chi connectivity index (χ2v) is 5.25. The summed E-state index contributed by atoms with van der Waals surface area (Å²) in [4.78, 5) is 0. The first-order chi connectivity index (χ1) is 8.79. The minimum Gasteiger partial charge on any atom is -0.396 e. The lowest BCUT2D eigenvalue weighted by Crippen LogP contribution is -2.43. The predicted molar refractivity (Wildman–Crippen MR) is 70.3 cm³/mol. The highest BCUT2D eigenvalue weighted by molar-refractivity contribution is 4.89. The molecule has 4 nitrogen and oxygen atoms in total. The van der Waals surface area contributed by atoms with Crippen molar-refractivity contribution in [1.82, 2.24) is 5.32 Å². The summed E-state index contributed by atoms with van der Waals surface area (Å²) in [6.07, 6.45) is 8.26. The summed E-state index contributed by atoms with van der Waals surface area (Å²) in [5.41, 5.74) is 0. The molecule has 0 aromatic heterocycles. The maximum atomic E-state index is 9.14. The van der Waals surface area contributed by atoms with Gasteiger partial charge in [0.25, 0.3) is 0 Å². The maximum absolute atomic E-state index is 9.14. The van der Waals surface area contributed by atoms with Gasteiger partial charge in [-0.2, -0.15) is 0 Å². The Labute approximate surface area is 109 Å². The number of hydrogen-bond donors (Lipinski definition) is 2. The van der Waals surface area contributed by atoms with Crippen LogP contribution in [0.2, 0.25) is 0 Å². The van der Waals surface area contributed by atoms with E-state index in [-0.39, 0.29) is 24.5 Å². The van der Waals surface area contributed by atoms with E-state index in [1.54, 1.807) is 0 Å². The minimum absolute atomic E-state index is 0.0511. The number of aliphatic hydroxyl groups excluding tert-OH is 1. The molecule has 104 valence electrons. The van der Waals surface area contributed by atoms with Gasteiger partial charge in [0.1, 0.15) is 0 Å². The van der Waals surface area contributed by atoms with Crippen LogP contribution < -0.4 is 5.32 Å². The molecular formula is C14H25NO3. The Balaban J connectivity index is 1.89. The zero-order valence-corrected chi connectivity index (χ0v) is 11.1. The van der Waals surface area contributed by atoms with Gasteiger partial charge in [0.05, 0.1) is 12.7 Å². The van der Waals surface area contributed by atoms with E-state index in [0.29, 0.717) is 13.0 Å². The quantitative estimate of drug-likeness (QED) is 0.708. The first kappa shape index (κ1) is 14.0. The third-order valence-corrected chi connectivity index (χ3v) is 3.91. The van der Waals surface area contributed by atoms with Crippen molar-refractivity contribution in [2.24, 2.45) is 0 Å². The fraction of sp³-hybridized carbons (Fsp3) is 0.857. The van der Waals surface area contributed by atoms with Gasteiger partial charge in [-0.3, -0.25) is 0 Å². The summed E-state index contributed by atoms with van der Waals surface area (Å²) in [7, 11) is 0. The fourth-order valence-electron chi connectivity index (χ4n) is 2.92. The van der Waals surface area contributed by atoms with E-state index < -0.39 is 0 Å². The molecule has 4 heteroatoms. The Morgan fingerprint density at radius 2 is 2.17 bits per heavy atom. The summed E-state index contributed by atoms with van der Waals surface area (Å²) < 4.78 is 12.1. The van der Waals surface area contributed by atoms with Crippen LogP contribution in [0.3, 0.4) is 0 Å². The van der Waals surface area contributed by atoms with E-state index in [4.69, 9.17) is 14.6 Å². The van der Waals surface area contributed by atoms with Gasteiger partial charge >= 0.3 is 0 Å². The van der Waals surface area contributed by atoms with E-state index in [9.17, 15) is 0 Å². The summed E-state index contributed by atoms with van der Waals surface area (Å²) in [5, 5.41) is 12.5. The molecule has 1 aliphatic carbocycles. The lowest BCUT2D eigenvalue weighted by molar-refractivity contribution is -0.189. The van der Waals surface area contributed by atoms with Gasteiger partial charge in [-0.15, -0.1) is 6.58 Å². The Morgan fingerprint density at radius 3 is 2.83 bits per heavy atom. The average molecular weight is 255 g/mol. The van der Waals surface area contributed by atoms with E-state index in [1.165, 1.54) is 19.3 Å². The summed E-state index contributed by atoms with van der Waals surface area (Å²) >= 11 is 0. The molecule has 2 fully saturated rings. The van der Waals surface area contributed by atoms with Crippen molar-refractivity contribution < 1.29 is 14.6 Å². The molecule has 0 aromatic rings. The molecule has 1 saturated carbocycles. The van der Waals surface area contributed by atoms with Crippen molar-refractivity contribution in [2.45, 2.75) is 56.5 Å². The number of rotatable bonds is 6. The highest BCUT2D eigenvalue weighted by Gasteiger charge is 2.44. The standard InChI is InChI=1S/C14H25NO3/c1-2-9-15-12(6-10-16)13-11-17-14(18-13)7-4-3-5-8-14/h2,12-13,15-16H,1,3-11H2/t12?,13-/m1/s1. The second kappa shape index (κ2) is 6.66. The van der Waals surface area contributed by atoms with E-state index in [1.807, 2.05) is 6.08 Å². The molecule has 0 bridgehead atoms. The predicted octanol–water partition coefficient (Wildman–Crippen LogP) is 1.59. The summed E-state index contributed by atoms with van der Waals surface area (Å²) in [6, 6.07) is 0.148. The maximum Gasteiger partial charge on any atom is 0.168 e. The summed E-state index contributed by atoms with van der Waals surface area (Å²) in [5.74, 6) is -0.327. The topological polar surface area (TPSA) is 50.7 Å². The lowest BCUT2D eigenvalue weighted by atomic mass is 9.94. The fourth-order valence-corrected chi connectivity index (χ4v) is 2.92. The van der Waals surface area contributed by atoms with E-state index in [2.05, 4.69) is 11.9 Å². The van der Waals surface area contributed by atoms with Gasteiger partial charge in [0, 0.05) is 32.0 Å². The third-order valence-electron chi connectivity index (χ3n) is 3.91. The molecule has 18 heavy (non-hydrogen) atoms. The number of ether oxygens (including phenoxy) is 2. The highest BCUT2D eigenvalue weighted by atomic mass is 16.7. The van der Waals surface area contributed by atoms with Crippen LogP contribution in [-0.2, 0) is 9.47 Å². The molecular weight excluding hydrogens is 230 g/mol. The van der Waals surface area contributed by atoms with Crippen LogP contribution >= 0.6 is 0 Å². The van der Waals surface area contributed by atoms with Crippen molar-refractivity contribution in [2.75, 3.05) is 19.8 Å². The monoisotopic (exact) mass is 255 g/mol. The zero-order valence-electron chi connectivity index (χ0n) is 11.1. The molecule has 1 aliphatic heterocycles. The first-order valence-electron chi connectivity index (χ1n) is 7.06. The van der Waals surface area contributed by atoms with Crippen LogP contribution in [0.15, 0.2) is 12.7 Å². The van der Waals surface area contributed by atoms with Crippen LogP contribution in [-0.4, -0.2) is 42.8 Å². The van der Waals surface area contributed by atoms with E-state index in [0.717, 1.165) is 19.4 Å². The van der Waals surface area contributed by atoms with Gasteiger partial charge in [-0.1, -0.05) is 12.5 Å². The third kappa shape index (κ3) is 3.32. The van der Waals surface area contributed by atoms with Crippen LogP contribution in [0.1, 0.15) is 38.5 Å². The molecule has 1 spiro atoms. The number of hydrogen-bond acceptors (Lipinski definition) is 4. The van der Waals surface area contributed by atoms with Crippen LogP contribution in [0.4, 0.5) is 0 Å². The molecule has 2 N–H and O–H groups in total. The number of nitrogens with one attached hydrogen (secondary N) is 1. The molecule has 1 heterocycles. The molecule has 0 aromatic carbocycles. The van der Waals surface area contributed by atoms with Crippen molar-refractivity contribution in [1.29, 1.82) is 0 Å². The second-order valence-electron chi connectivity index (χ2n) is 5.25. The van der Waals surface area contributed by atoms with Crippen LogP contribution in [0.25, 0.3) is 0 Å². The first-order valence-corrected chi connectivity index (χ1v) is 7.06. The number of aliphatic hydroxyl groups is 1. The van der Waals surface area contributed by atoms with E-state index >= 15 is 0 Å². The van der Waals surface area contributed by atoms with Gasteiger partial charge in [-0.05, 0) is 19.3 Å². The van der Waals surface area contributed by atoms with Crippen molar-refractivity contribution in [3.63, 3.8) is 0 Å². The van der Waals surface area contributed by atoms with Gasteiger partial charge < -0.3 is 19.9 Å². The SMILES string of the molecule is C=CCNC(CCO)[C@H]1COC2(CCCCC2)O1. The molecule has 0 radical (unpaired) electrons. The Morgan fingerprint density at radius 1 is 1.39 bits per heavy atom. The largest absolute Gasteiger partial charge is 0.396 e. The zero-order chi connectivity index (χ0) is 12.8. The van der Waals surface area contributed by atoms with Crippen LogP contribution in [0, 0.1) is 0 Å².